The van der Waals surface area contributed by atoms with Gasteiger partial charge in [-0.2, -0.15) is 0 Å². The van der Waals surface area contributed by atoms with Gasteiger partial charge in [-0.15, -0.1) is 0 Å². The number of rotatable bonds is 8. The van der Waals surface area contributed by atoms with E-state index in [1.54, 1.807) is 17.0 Å². The molecule has 2 fully saturated rings. The Morgan fingerprint density at radius 3 is 2.30 bits per heavy atom. The molecule has 2 amide bonds. The number of nitrogens with one attached hydrogen (secondary N) is 3. The van der Waals surface area contributed by atoms with Crippen LogP contribution in [0.1, 0.15) is 49.3 Å². The summed E-state index contributed by atoms with van der Waals surface area (Å²) in [5.74, 6) is -0.302. The van der Waals surface area contributed by atoms with Crippen molar-refractivity contribution in [1.29, 1.82) is 0 Å². The predicted molar refractivity (Wildman–Crippen MR) is 169 cm³/mol. The van der Waals surface area contributed by atoms with Gasteiger partial charge in [0.15, 0.2) is 0 Å². The van der Waals surface area contributed by atoms with Crippen molar-refractivity contribution in [3.63, 3.8) is 0 Å². The molecule has 0 saturated carbocycles. The van der Waals surface area contributed by atoms with E-state index in [0.717, 1.165) is 30.9 Å². The minimum Gasteiger partial charge on any atom is -0.354 e. The third kappa shape index (κ3) is 6.51. The smallest absolute Gasteiger partial charge is 0.258 e. The molecule has 0 radical (unpaired) electrons. The average Bonchev–Trinajstić information content (AvgIpc) is 3.64. The van der Waals surface area contributed by atoms with E-state index in [4.69, 9.17) is 0 Å². The van der Waals surface area contributed by atoms with E-state index in [-0.39, 0.29) is 22.8 Å². The topological polar surface area (TPSA) is 111 Å². The van der Waals surface area contributed by atoms with Crippen LogP contribution in [0.25, 0.3) is 11.3 Å². The van der Waals surface area contributed by atoms with E-state index < -0.39 is 10.0 Å². The lowest BCUT2D eigenvalue weighted by Gasteiger charge is -2.31. The van der Waals surface area contributed by atoms with Crippen molar-refractivity contribution in [3.05, 3.63) is 89.5 Å². The zero-order chi connectivity index (χ0) is 30.0. The summed E-state index contributed by atoms with van der Waals surface area (Å²) in [4.78, 5) is 29.4. The monoisotopic (exact) mass is 599 g/mol. The van der Waals surface area contributed by atoms with Crippen LogP contribution in [0, 0.1) is 0 Å². The molecule has 3 aromatic rings. The molecule has 43 heavy (non-hydrogen) atoms. The van der Waals surface area contributed by atoms with Crippen LogP contribution >= 0.6 is 0 Å². The Hall–Kier alpha value is -3.99. The van der Waals surface area contributed by atoms with Gasteiger partial charge >= 0.3 is 0 Å². The van der Waals surface area contributed by atoms with Crippen LogP contribution in [0.5, 0.6) is 0 Å². The van der Waals surface area contributed by atoms with Crippen molar-refractivity contribution in [3.8, 4) is 0 Å². The van der Waals surface area contributed by atoms with Gasteiger partial charge in [-0.1, -0.05) is 42.5 Å². The zero-order valence-corrected chi connectivity index (χ0v) is 25.1. The quantitative estimate of drug-likeness (QED) is 0.329. The minimum absolute atomic E-state index is 0.00253. The maximum atomic E-state index is 13.5. The highest BCUT2D eigenvalue weighted by Gasteiger charge is 2.31. The van der Waals surface area contributed by atoms with Gasteiger partial charge in [0, 0.05) is 49.5 Å². The van der Waals surface area contributed by atoms with Crippen molar-refractivity contribution in [2.75, 3.05) is 36.8 Å². The first-order chi connectivity index (χ1) is 20.8. The Labute approximate surface area is 253 Å². The maximum absolute atomic E-state index is 13.5. The molecule has 224 valence electrons. The fourth-order valence-electron chi connectivity index (χ4n) is 6.08. The Morgan fingerprint density at radius 1 is 0.930 bits per heavy atom. The number of benzene rings is 3. The van der Waals surface area contributed by atoms with Gasteiger partial charge in [-0.05, 0) is 80.2 Å². The molecule has 6 rings (SSSR count). The standard InChI is InChI=1S/C33H37N5O4S/c1-23(39)38-19-15-27(16-20-38)36-43(41,42)28-13-14-30-29(21-28)31(33(40)35-30)32(25-7-3-2-4-8-25)34-26-11-9-24(10-12-26)22-37-17-5-6-18-37/h2-4,7-14,21,27,34,36H,5-6,15-20,22H2,1H3,(H,35,40)/b32-31-. The van der Waals surface area contributed by atoms with E-state index >= 15 is 0 Å². The van der Waals surface area contributed by atoms with Crippen molar-refractivity contribution < 1.29 is 18.0 Å². The fraction of sp³-hybridized carbons (Fsp3) is 0.333. The summed E-state index contributed by atoms with van der Waals surface area (Å²) in [6, 6.07) is 22.3. The summed E-state index contributed by atoms with van der Waals surface area (Å²) < 4.78 is 29.7. The highest BCUT2D eigenvalue weighted by Crippen LogP contribution is 2.39. The molecule has 0 aliphatic carbocycles. The van der Waals surface area contributed by atoms with E-state index in [0.29, 0.717) is 48.5 Å². The lowest BCUT2D eigenvalue weighted by molar-refractivity contribution is -0.129. The Kier molecular flexibility index (Phi) is 8.34. The number of piperidine rings is 1. The van der Waals surface area contributed by atoms with Crippen molar-refractivity contribution in [1.82, 2.24) is 14.5 Å². The van der Waals surface area contributed by atoms with Gasteiger partial charge in [0.2, 0.25) is 15.9 Å². The summed E-state index contributed by atoms with van der Waals surface area (Å²) in [7, 11) is -3.86. The molecule has 3 aliphatic heterocycles. The summed E-state index contributed by atoms with van der Waals surface area (Å²) in [6.07, 6.45) is 3.59. The number of carbonyl (C=O) groups is 2. The molecular weight excluding hydrogens is 562 g/mol. The molecule has 0 spiro atoms. The fourth-order valence-corrected chi connectivity index (χ4v) is 7.41. The van der Waals surface area contributed by atoms with Crippen LogP contribution < -0.4 is 15.4 Å². The maximum Gasteiger partial charge on any atom is 0.258 e. The van der Waals surface area contributed by atoms with Gasteiger partial charge in [-0.25, -0.2) is 13.1 Å². The predicted octanol–water partition coefficient (Wildman–Crippen LogP) is 4.50. The van der Waals surface area contributed by atoms with Crippen LogP contribution in [-0.4, -0.2) is 62.3 Å². The molecule has 10 heteroatoms. The van der Waals surface area contributed by atoms with Crippen molar-refractivity contribution >= 4 is 44.5 Å². The number of hydrogen-bond donors (Lipinski definition) is 3. The molecule has 0 atom stereocenters. The van der Waals surface area contributed by atoms with Crippen LogP contribution in [-0.2, 0) is 26.2 Å². The highest BCUT2D eigenvalue weighted by atomic mass is 32.2. The molecule has 2 saturated heterocycles. The summed E-state index contributed by atoms with van der Waals surface area (Å²) in [6.45, 7) is 5.74. The Morgan fingerprint density at radius 2 is 1.63 bits per heavy atom. The second-order valence-electron chi connectivity index (χ2n) is 11.5. The molecule has 3 N–H and O–H groups in total. The third-order valence-corrected chi connectivity index (χ3v) is 9.97. The Balaban J connectivity index is 1.30. The van der Waals surface area contributed by atoms with E-state index in [9.17, 15) is 18.0 Å². The van der Waals surface area contributed by atoms with Crippen molar-refractivity contribution in [2.45, 2.75) is 50.1 Å². The molecule has 0 unspecified atom stereocenters. The van der Waals surface area contributed by atoms with Gasteiger partial charge in [0.25, 0.3) is 5.91 Å². The lowest BCUT2D eigenvalue weighted by atomic mass is 10.00. The van der Waals surface area contributed by atoms with Gasteiger partial charge < -0.3 is 15.5 Å². The lowest BCUT2D eigenvalue weighted by Crippen LogP contribution is -2.45. The summed E-state index contributed by atoms with van der Waals surface area (Å²) >= 11 is 0. The average molecular weight is 600 g/mol. The first-order valence-electron chi connectivity index (χ1n) is 14.9. The van der Waals surface area contributed by atoms with Crippen LogP contribution in [0.15, 0.2) is 77.7 Å². The number of anilines is 2. The number of carbonyl (C=O) groups excluding carboxylic acids is 2. The molecule has 9 nitrogen and oxygen atoms in total. The van der Waals surface area contributed by atoms with E-state index in [1.165, 1.54) is 31.4 Å². The summed E-state index contributed by atoms with van der Waals surface area (Å²) in [5, 5.41) is 6.39. The number of fused-ring (bicyclic) bond motifs is 1. The first kappa shape index (κ1) is 29.1. The second-order valence-corrected chi connectivity index (χ2v) is 13.2. The number of sulfonamides is 1. The van der Waals surface area contributed by atoms with Crippen LogP contribution in [0.4, 0.5) is 11.4 Å². The van der Waals surface area contributed by atoms with Gasteiger partial charge in [0.05, 0.1) is 16.2 Å². The molecule has 3 heterocycles. The van der Waals surface area contributed by atoms with E-state index in [1.807, 2.05) is 42.5 Å². The molecule has 0 bridgehead atoms. The molecular formula is C33H37N5O4S. The Bertz CT molecular complexity index is 1640. The van der Waals surface area contributed by atoms with Gasteiger partial charge in [0.1, 0.15) is 0 Å². The molecule has 3 aromatic carbocycles. The van der Waals surface area contributed by atoms with Crippen LogP contribution in [0.3, 0.4) is 0 Å². The number of hydrogen-bond acceptors (Lipinski definition) is 6. The first-order valence-corrected chi connectivity index (χ1v) is 16.4. The van der Waals surface area contributed by atoms with E-state index in [2.05, 4.69) is 32.4 Å². The summed E-state index contributed by atoms with van der Waals surface area (Å²) in [5.41, 5.74) is 4.95. The molecule has 3 aliphatic rings. The number of likely N-dealkylation sites (tertiary alicyclic amines) is 2. The zero-order valence-electron chi connectivity index (χ0n) is 24.3. The number of amides is 2. The van der Waals surface area contributed by atoms with Crippen molar-refractivity contribution in [2.24, 2.45) is 0 Å². The SMILES string of the molecule is CC(=O)N1CCC(NS(=O)(=O)c2ccc3c(c2)/C(=C(/Nc2ccc(CN4CCCC4)cc2)c2ccccc2)C(=O)N3)CC1. The normalized spacial score (nSPS) is 18.8. The van der Waals surface area contributed by atoms with Crippen LogP contribution in [0.2, 0.25) is 0 Å². The minimum atomic E-state index is -3.86. The molecule has 0 aromatic heterocycles. The highest BCUT2D eigenvalue weighted by molar-refractivity contribution is 7.89. The third-order valence-electron chi connectivity index (χ3n) is 8.45. The van der Waals surface area contributed by atoms with Gasteiger partial charge in [-0.3, -0.25) is 14.5 Å². The number of nitrogens with zero attached hydrogens (tertiary/aromatic N) is 2. The largest absolute Gasteiger partial charge is 0.354 e. The second kappa shape index (κ2) is 12.3.